The highest BCUT2D eigenvalue weighted by Crippen LogP contribution is 2.36. The van der Waals surface area contributed by atoms with Gasteiger partial charge in [0.25, 0.3) is 10.0 Å². The first-order valence-corrected chi connectivity index (χ1v) is 11.1. The molecule has 0 saturated carbocycles. The predicted octanol–water partition coefficient (Wildman–Crippen LogP) is 1.97. The van der Waals surface area contributed by atoms with Gasteiger partial charge < -0.3 is 9.80 Å². The fourth-order valence-electron chi connectivity index (χ4n) is 3.98. The average Bonchev–Trinajstić information content (AvgIpc) is 2.73. The quantitative estimate of drug-likeness (QED) is 0.792. The Morgan fingerprint density at radius 1 is 0.929 bits per heavy atom. The van der Waals surface area contributed by atoms with E-state index in [1.807, 2.05) is 30.1 Å². The maximum absolute atomic E-state index is 13.5. The van der Waals surface area contributed by atoms with E-state index in [2.05, 4.69) is 4.90 Å². The largest absolute Gasteiger partial charge is 0.338 e. The highest BCUT2D eigenvalue weighted by molar-refractivity contribution is 7.93. The molecule has 28 heavy (non-hydrogen) atoms. The standard InChI is InChI=1S/C21H25N3O3S/c1-22-13-15-23(16-14-22)21(25)20-12-11-17-7-5-6-10-19(17)24(20)28(26,27)18-8-3-2-4-9-18/h2-10,20H,11-16H2,1H3/t20-/m1/s1. The molecule has 148 valence electrons. The van der Waals surface area contributed by atoms with Crippen LogP contribution in [0.3, 0.4) is 0 Å². The van der Waals surface area contributed by atoms with Gasteiger partial charge in [0.1, 0.15) is 6.04 Å². The van der Waals surface area contributed by atoms with Gasteiger partial charge in [0.15, 0.2) is 0 Å². The molecular formula is C21H25N3O3S. The van der Waals surface area contributed by atoms with Gasteiger partial charge in [0.05, 0.1) is 10.6 Å². The van der Waals surface area contributed by atoms with Gasteiger partial charge in [0, 0.05) is 26.2 Å². The summed E-state index contributed by atoms with van der Waals surface area (Å²) in [6.07, 6.45) is 1.19. The van der Waals surface area contributed by atoms with Crippen LogP contribution in [-0.4, -0.2) is 63.4 Å². The molecule has 0 aliphatic carbocycles. The first-order chi connectivity index (χ1) is 13.5. The van der Waals surface area contributed by atoms with Crippen molar-refractivity contribution in [2.45, 2.75) is 23.8 Å². The normalized spacial score (nSPS) is 20.7. The Balaban J connectivity index is 1.75. The summed E-state index contributed by atoms with van der Waals surface area (Å²) < 4.78 is 28.5. The van der Waals surface area contributed by atoms with Gasteiger partial charge in [-0.05, 0) is 43.7 Å². The number of fused-ring (bicyclic) bond motifs is 1. The summed E-state index contributed by atoms with van der Waals surface area (Å²) in [5.74, 6) is -0.0953. The van der Waals surface area contributed by atoms with Crippen molar-refractivity contribution < 1.29 is 13.2 Å². The molecule has 2 heterocycles. The van der Waals surface area contributed by atoms with Gasteiger partial charge in [-0.1, -0.05) is 36.4 Å². The van der Waals surface area contributed by atoms with Gasteiger partial charge in [-0.2, -0.15) is 0 Å². The van der Waals surface area contributed by atoms with Crippen molar-refractivity contribution in [1.82, 2.24) is 9.80 Å². The van der Waals surface area contributed by atoms with Crippen LogP contribution in [0.5, 0.6) is 0 Å². The van der Waals surface area contributed by atoms with E-state index in [4.69, 9.17) is 0 Å². The number of likely N-dealkylation sites (N-methyl/N-ethyl adjacent to an activating group) is 1. The first kappa shape index (κ1) is 19.0. The van der Waals surface area contributed by atoms with Crippen LogP contribution >= 0.6 is 0 Å². The van der Waals surface area contributed by atoms with Crippen molar-refractivity contribution in [1.29, 1.82) is 0 Å². The Morgan fingerprint density at radius 2 is 1.57 bits per heavy atom. The number of para-hydroxylation sites is 1. The number of carbonyl (C=O) groups excluding carboxylic acids is 1. The van der Waals surface area contributed by atoms with Crippen LogP contribution in [0.2, 0.25) is 0 Å². The van der Waals surface area contributed by atoms with Crippen molar-refractivity contribution in [2.24, 2.45) is 0 Å². The van der Waals surface area contributed by atoms with Crippen LogP contribution in [0.15, 0.2) is 59.5 Å². The Hall–Kier alpha value is -2.38. The van der Waals surface area contributed by atoms with E-state index in [-0.39, 0.29) is 10.8 Å². The number of piperazine rings is 1. The topological polar surface area (TPSA) is 60.9 Å². The number of sulfonamides is 1. The molecule has 1 saturated heterocycles. The van der Waals surface area contributed by atoms with Crippen LogP contribution < -0.4 is 4.31 Å². The van der Waals surface area contributed by atoms with Crippen molar-refractivity contribution in [3.63, 3.8) is 0 Å². The summed E-state index contributed by atoms with van der Waals surface area (Å²) >= 11 is 0. The zero-order chi connectivity index (χ0) is 19.7. The van der Waals surface area contributed by atoms with Crippen molar-refractivity contribution in [3.8, 4) is 0 Å². The van der Waals surface area contributed by atoms with E-state index in [1.54, 1.807) is 36.4 Å². The predicted molar refractivity (Wildman–Crippen MR) is 109 cm³/mol. The smallest absolute Gasteiger partial charge is 0.265 e. The zero-order valence-corrected chi connectivity index (χ0v) is 16.8. The van der Waals surface area contributed by atoms with E-state index in [0.717, 1.165) is 18.7 Å². The Bertz CT molecular complexity index is 954. The average molecular weight is 400 g/mol. The number of benzene rings is 2. The van der Waals surface area contributed by atoms with E-state index in [0.29, 0.717) is 31.6 Å². The van der Waals surface area contributed by atoms with Crippen LogP contribution in [0.25, 0.3) is 0 Å². The minimum absolute atomic E-state index is 0.0953. The van der Waals surface area contributed by atoms with Crippen LogP contribution in [0, 0.1) is 0 Å². The number of nitrogens with zero attached hydrogens (tertiary/aromatic N) is 3. The minimum atomic E-state index is -3.84. The van der Waals surface area contributed by atoms with E-state index >= 15 is 0 Å². The SMILES string of the molecule is CN1CCN(C(=O)[C@H]2CCc3ccccc3N2S(=O)(=O)c2ccccc2)CC1. The maximum Gasteiger partial charge on any atom is 0.265 e. The van der Waals surface area contributed by atoms with E-state index < -0.39 is 16.1 Å². The van der Waals surface area contributed by atoms with Crippen LogP contribution in [0.1, 0.15) is 12.0 Å². The molecule has 0 bridgehead atoms. The van der Waals surface area contributed by atoms with Crippen molar-refractivity contribution in [3.05, 3.63) is 60.2 Å². The van der Waals surface area contributed by atoms with Gasteiger partial charge in [-0.15, -0.1) is 0 Å². The molecule has 7 heteroatoms. The molecule has 0 aromatic heterocycles. The third kappa shape index (κ3) is 3.40. The molecule has 1 fully saturated rings. The Morgan fingerprint density at radius 3 is 2.29 bits per heavy atom. The molecule has 2 aliphatic heterocycles. The summed E-state index contributed by atoms with van der Waals surface area (Å²) in [5, 5.41) is 0. The zero-order valence-electron chi connectivity index (χ0n) is 16.0. The highest BCUT2D eigenvalue weighted by Gasteiger charge is 2.41. The molecule has 0 unspecified atom stereocenters. The van der Waals surface area contributed by atoms with Gasteiger partial charge in [-0.25, -0.2) is 8.42 Å². The fourth-order valence-corrected chi connectivity index (χ4v) is 5.67. The van der Waals surface area contributed by atoms with Crippen LogP contribution in [0.4, 0.5) is 5.69 Å². The van der Waals surface area contributed by atoms with Gasteiger partial charge in [0.2, 0.25) is 5.91 Å². The summed E-state index contributed by atoms with van der Waals surface area (Å²) in [4.78, 5) is 17.6. The first-order valence-electron chi connectivity index (χ1n) is 9.63. The molecule has 0 N–H and O–H groups in total. The molecule has 1 atom stereocenters. The van der Waals surface area contributed by atoms with Gasteiger partial charge in [-0.3, -0.25) is 9.10 Å². The minimum Gasteiger partial charge on any atom is -0.338 e. The summed E-state index contributed by atoms with van der Waals surface area (Å²) in [6, 6.07) is 15.2. The fraction of sp³-hybridized carbons (Fsp3) is 0.381. The number of hydrogen-bond acceptors (Lipinski definition) is 4. The van der Waals surface area contributed by atoms with E-state index in [1.165, 1.54) is 4.31 Å². The highest BCUT2D eigenvalue weighted by atomic mass is 32.2. The summed E-state index contributed by atoms with van der Waals surface area (Å²) in [5.41, 5.74) is 1.58. The molecule has 0 radical (unpaired) electrons. The molecule has 6 nitrogen and oxygen atoms in total. The van der Waals surface area contributed by atoms with Crippen LogP contribution in [-0.2, 0) is 21.2 Å². The number of amides is 1. The number of anilines is 1. The molecule has 2 aliphatic rings. The van der Waals surface area contributed by atoms with Crippen molar-refractivity contribution in [2.75, 3.05) is 37.5 Å². The number of hydrogen-bond donors (Lipinski definition) is 0. The van der Waals surface area contributed by atoms with Crippen molar-refractivity contribution >= 4 is 21.6 Å². The Labute approximate surface area is 166 Å². The van der Waals surface area contributed by atoms with Gasteiger partial charge >= 0.3 is 0 Å². The Kier molecular flexibility index (Phi) is 5.12. The lowest BCUT2D eigenvalue weighted by Crippen LogP contribution is -2.56. The summed E-state index contributed by atoms with van der Waals surface area (Å²) in [6.45, 7) is 2.88. The summed E-state index contributed by atoms with van der Waals surface area (Å²) in [7, 11) is -1.81. The number of rotatable bonds is 3. The lowest BCUT2D eigenvalue weighted by molar-refractivity contribution is -0.134. The van der Waals surface area contributed by atoms with E-state index in [9.17, 15) is 13.2 Å². The number of aryl methyl sites for hydroxylation is 1. The molecule has 2 aromatic rings. The number of carbonyl (C=O) groups is 1. The third-order valence-electron chi connectivity index (χ3n) is 5.60. The second kappa shape index (κ2) is 7.56. The molecular weight excluding hydrogens is 374 g/mol. The molecule has 4 rings (SSSR count). The molecule has 1 amide bonds. The lowest BCUT2D eigenvalue weighted by atomic mass is 9.97. The second-order valence-corrected chi connectivity index (χ2v) is 9.24. The second-order valence-electron chi connectivity index (χ2n) is 7.43. The maximum atomic E-state index is 13.5. The monoisotopic (exact) mass is 399 g/mol. The molecule has 2 aromatic carbocycles. The molecule has 0 spiro atoms. The lowest BCUT2D eigenvalue weighted by Gasteiger charge is -2.41. The third-order valence-corrected chi connectivity index (χ3v) is 7.44.